The highest BCUT2D eigenvalue weighted by atomic mass is 32.2. The Hall–Kier alpha value is -1.74. The molecule has 0 fully saturated rings. The van der Waals surface area contributed by atoms with Crippen LogP contribution in [0.1, 0.15) is 27.2 Å². The van der Waals surface area contributed by atoms with Crippen LogP contribution >= 0.6 is 11.8 Å². The Balaban J connectivity index is 2.16. The fraction of sp³-hybridized carbons (Fsp3) is 0.500. The van der Waals surface area contributed by atoms with Crippen LogP contribution in [0.5, 0.6) is 0 Å². The topological polar surface area (TPSA) is 67.6 Å². The highest BCUT2D eigenvalue weighted by molar-refractivity contribution is 7.99. The van der Waals surface area contributed by atoms with Crippen LogP contribution in [0.4, 0.5) is 0 Å². The van der Waals surface area contributed by atoms with Gasteiger partial charge in [0.25, 0.3) is 0 Å². The third-order valence-electron chi connectivity index (χ3n) is 2.92. The lowest BCUT2D eigenvalue weighted by atomic mass is 9.93. The molecule has 0 unspecified atom stereocenters. The first kappa shape index (κ1) is 14.7. The van der Waals surface area contributed by atoms with Gasteiger partial charge in [0.05, 0.1) is 12.3 Å². The van der Waals surface area contributed by atoms with E-state index in [-0.39, 0.29) is 5.41 Å². The van der Waals surface area contributed by atoms with Gasteiger partial charge in [-0.2, -0.15) is 5.26 Å². The molecule has 0 aliphatic rings. The summed E-state index contributed by atoms with van der Waals surface area (Å²) in [5.74, 6) is 2.30. The zero-order valence-electron chi connectivity index (χ0n) is 12.0. The fourth-order valence-electron chi connectivity index (χ4n) is 1.79. The fourth-order valence-corrected chi connectivity index (χ4v) is 2.89. The van der Waals surface area contributed by atoms with Gasteiger partial charge in [0, 0.05) is 18.7 Å². The molecule has 0 aromatic carbocycles. The zero-order valence-corrected chi connectivity index (χ0v) is 12.8. The lowest BCUT2D eigenvalue weighted by Crippen LogP contribution is -2.14. The van der Waals surface area contributed by atoms with Gasteiger partial charge in [0.15, 0.2) is 16.7 Å². The van der Waals surface area contributed by atoms with Crippen LogP contribution in [0.3, 0.4) is 0 Å². The third-order valence-corrected chi connectivity index (χ3v) is 4.41. The van der Waals surface area contributed by atoms with E-state index < -0.39 is 0 Å². The first-order valence-electron chi connectivity index (χ1n) is 6.54. The summed E-state index contributed by atoms with van der Waals surface area (Å²) < 4.78 is 7.42. The predicted molar refractivity (Wildman–Crippen MR) is 78.1 cm³/mol. The van der Waals surface area contributed by atoms with Gasteiger partial charge in [-0.25, -0.2) is 0 Å². The Morgan fingerprint density at radius 3 is 2.85 bits per heavy atom. The van der Waals surface area contributed by atoms with Crippen LogP contribution in [0.15, 0.2) is 28.0 Å². The van der Waals surface area contributed by atoms with E-state index in [9.17, 15) is 0 Å². The monoisotopic (exact) mass is 290 g/mol. The van der Waals surface area contributed by atoms with Gasteiger partial charge >= 0.3 is 0 Å². The number of aromatic nitrogens is 3. The molecule has 0 saturated heterocycles. The van der Waals surface area contributed by atoms with Crippen molar-refractivity contribution in [2.24, 2.45) is 5.41 Å². The van der Waals surface area contributed by atoms with Gasteiger partial charge in [-0.15, -0.1) is 10.2 Å². The SMILES string of the molecule is CCn1c(SCC(C)(C)CC#N)nnc1-c1ccco1. The molecule has 0 bridgehead atoms. The maximum absolute atomic E-state index is 8.82. The lowest BCUT2D eigenvalue weighted by Gasteiger charge is -2.19. The van der Waals surface area contributed by atoms with Gasteiger partial charge in [-0.05, 0) is 24.5 Å². The van der Waals surface area contributed by atoms with Gasteiger partial charge in [0.1, 0.15) is 0 Å². The third kappa shape index (κ3) is 3.23. The van der Waals surface area contributed by atoms with Gasteiger partial charge in [-0.3, -0.25) is 4.57 Å². The second-order valence-electron chi connectivity index (χ2n) is 5.32. The van der Waals surface area contributed by atoms with Crippen molar-refractivity contribution in [3.63, 3.8) is 0 Å². The van der Waals surface area contributed by atoms with E-state index in [1.807, 2.05) is 16.7 Å². The number of hydrogen-bond acceptors (Lipinski definition) is 5. The quantitative estimate of drug-likeness (QED) is 0.760. The van der Waals surface area contributed by atoms with Crippen molar-refractivity contribution in [3.05, 3.63) is 18.4 Å². The Morgan fingerprint density at radius 1 is 1.45 bits per heavy atom. The van der Waals surface area contributed by atoms with Crippen molar-refractivity contribution in [1.82, 2.24) is 14.8 Å². The minimum Gasteiger partial charge on any atom is -0.461 e. The Bertz CT molecular complexity index is 595. The smallest absolute Gasteiger partial charge is 0.200 e. The molecule has 0 atom stereocenters. The van der Waals surface area contributed by atoms with Crippen molar-refractivity contribution in [2.75, 3.05) is 5.75 Å². The number of furan rings is 1. The van der Waals surface area contributed by atoms with Crippen molar-refractivity contribution >= 4 is 11.8 Å². The lowest BCUT2D eigenvalue weighted by molar-refractivity contribution is 0.435. The molecule has 106 valence electrons. The van der Waals surface area contributed by atoms with Crippen LogP contribution in [0.2, 0.25) is 0 Å². The highest BCUT2D eigenvalue weighted by Gasteiger charge is 2.21. The van der Waals surface area contributed by atoms with E-state index in [0.29, 0.717) is 6.42 Å². The van der Waals surface area contributed by atoms with Gasteiger partial charge in [0.2, 0.25) is 0 Å². The molecule has 2 rings (SSSR count). The van der Waals surface area contributed by atoms with Crippen molar-refractivity contribution in [2.45, 2.75) is 38.9 Å². The second-order valence-corrected chi connectivity index (χ2v) is 6.26. The van der Waals surface area contributed by atoms with E-state index in [4.69, 9.17) is 9.68 Å². The average molecular weight is 290 g/mol. The van der Waals surface area contributed by atoms with Crippen LogP contribution in [-0.4, -0.2) is 20.5 Å². The van der Waals surface area contributed by atoms with E-state index >= 15 is 0 Å². The number of hydrogen-bond donors (Lipinski definition) is 0. The molecule has 0 spiro atoms. The highest BCUT2D eigenvalue weighted by Crippen LogP contribution is 2.31. The maximum atomic E-state index is 8.82. The van der Waals surface area contributed by atoms with Crippen LogP contribution in [0, 0.1) is 16.7 Å². The summed E-state index contributed by atoms with van der Waals surface area (Å²) in [5.41, 5.74) is -0.0330. The number of rotatable bonds is 6. The average Bonchev–Trinajstić information content (AvgIpc) is 3.04. The summed E-state index contributed by atoms with van der Waals surface area (Å²) in [7, 11) is 0. The normalized spacial score (nSPS) is 11.5. The Kier molecular flexibility index (Phi) is 4.50. The molecule has 2 heterocycles. The Morgan fingerprint density at radius 2 is 2.25 bits per heavy atom. The van der Waals surface area contributed by atoms with E-state index in [1.54, 1.807) is 18.0 Å². The predicted octanol–water partition coefficient (Wildman–Crippen LogP) is 3.59. The standard InChI is InChI=1S/C14H18N4OS/c1-4-18-12(11-6-5-9-19-11)16-17-13(18)20-10-14(2,3)7-8-15/h5-6,9H,4,7,10H2,1-3H3. The summed E-state index contributed by atoms with van der Waals surface area (Å²) in [5, 5.41) is 18.1. The molecule has 0 N–H and O–H groups in total. The van der Waals surface area contributed by atoms with Crippen molar-refractivity contribution < 1.29 is 4.42 Å². The van der Waals surface area contributed by atoms with Crippen LogP contribution in [0.25, 0.3) is 11.6 Å². The molecule has 2 aromatic rings. The molecule has 20 heavy (non-hydrogen) atoms. The molecule has 0 saturated carbocycles. The summed E-state index contributed by atoms with van der Waals surface area (Å²) >= 11 is 1.63. The minimum absolute atomic E-state index is 0.0330. The van der Waals surface area contributed by atoms with Crippen LogP contribution in [-0.2, 0) is 6.54 Å². The summed E-state index contributed by atoms with van der Waals surface area (Å²) in [4.78, 5) is 0. The number of nitriles is 1. The Labute approximate surface area is 123 Å². The van der Waals surface area contributed by atoms with E-state index in [1.165, 1.54) is 0 Å². The van der Waals surface area contributed by atoms with Crippen molar-refractivity contribution in [1.29, 1.82) is 5.26 Å². The molecule has 2 aromatic heterocycles. The van der Waals surface area contributed by atoms with Gasteiger partial charge in [-0.1, -0.05) is 25.6 Å². The summed E-state index contributed by atoms with van der Waals surface area (Å²) in [6.07, 6.45) is 2.16. The van der Waals surface area contributed by atoms with Gasteiger partial charge < -0.3 is 4.42 Å². The molecule has 0 aliphatic heterocycles. The summed E-state index contributed by atoms with van der Waals surface area (Å²) in [6.45, 7) is 7.01. The summed E-state index contributed by atoms with van der Waals surface area (Å²) in [6, 6.07) is 5.95. The molecule has 5 nitrogen and oxygen atoms in total. The minimum atomic E-state index is -0.0330. The van der Waals surface area contributed by atoms with E-state index in [2.05, 4.69) is 37.0 Å². The van der Waals surface area contributed by atoms with Crippen molar-refractivity contribution in [3.8, 4) is 17.7 Å². The molecule has 0 radical (unpaired) electrons. The second kappa shape index (κ2) is 6.14. The number of thioether (sulfide) groups is 1. The largest absolute Gasteiger partial charge is 0.461 e. The molecule has 6 heteroatoms. The van der Waals surface area contributed by atoms with E-state index in [0.717, 1.165) is 29.0 Å². The molecule has 0 amide bonds. The first-order chi connectivity index (χ1) is 9.57. The first-order valence-corrected chi connectivity index (χ1v) is 7.53. The molecule has 0 aliphatic carbocycles. The number of nitrogens with zero attached hydrogens (tertiary/aromatic N) is 4. The zero-order chi connectivity index (χ0) is 14.6. The van der Waals surface area contributed by atoms with Crippen LogP contribution < -0.4 is 0 Å². The molecular weight excluding hydrogens is 272 g/mol. The maximum Gasteiger partial charge on any atom is 0.200 e. The molecular formula is C14H18N4OS.